The standard InChI is InChI=1S/C37H25N/c1-6-16-31-25(11-1)26-12-2-7-17-32(26)37(31)33-18-8-3-13-27(33)30-23-24(21-22-34(30)37)38-35-19-9-4-14-28(35)29-15-5-10-20-36(29)38/h1-23,25,31H. The number of allylic oxidation sites excluding steroid dienone is 4. The van der Waals surface area contributed by atoms with Crippen LogP contribution >= 0.6 is 0 Å². The molecule has 1 spiro atoms. The Morgan fingerprint density at radius 1 is 0.526 bits per heavy atom. The molecule has 0 aliphatic heterocycles. The van der Waals surface area contributed by atoms with Gasteiger partial charge in [-0.1, -0.05) is 115 Å². The summed E-state index contributed by atoms with van der Waals surface area (Å²) in [6, 6.07) is 43.0. The number of hydrogen-bond acceptors (Lipinski definition) is 0. The number of nitrogens with zero attached hydrogens (tertiary/aromatic N) is 1. The van der Waals surface area contributed by atoms with Gasteiger partial charge in [0.25, 0.3) is 0 Å². The Morgan fingerprint density at radius 2 is 1.16 bits per heavy atom. The molecule has 5 aromatic carbocycles. The Bertz CT molecular complexity index is 1950. The predicted octanol–water partition coefficient (Wildman–Crippen LogP) is 8.94. The first-order chi connectivity index (χ1) is 18.9. The Hall–Kier alpha value is -4.62. The normalized spacial score (nSPS) is 22.1. The number of fused-ring (bicyclic) bond motifs is 13. The van der Waals surface area contributed by atoms with Crippen molar-refractivity contribution in [3.63, 3.8) is 0 Å². The Balaban J connectivity index is 1.37. The molecule has 6 aromatic rings. The van der Waals surface area contributed by atoms with Crippen LogP contribution in [0.2, 0.25) is 0 Å². The summed E-state index contributed by atoms with van der Waals surface area (Å²) < 4.78 is 2.44. The van der Waals surface area contributed by atoms with Gasteiger partial charge in [-0.3, -0.25) is 0 Å². The lowest BCUT2D eigenvalue weighted by Gasteiger charge is -2.36. The zero-order valence-corrected chi connectivity index (χ0v) is 20.9. The van der Waals surface area contributed by atoms with E-state index < -0.39 is 0 Å². The first kappa shape index (κ1) is 20.4. The third-order valence-corrected chi connectivity index (χ3v) is 9.29. The van der Waals surface area contributed by atoms with Gasteiger partial charge < -0.3 is 4.57 Å². The van der Waals surface area contributed by atoms with Gasteiger partial charge in [0.2, 0.25) is 0 Å². The topological polar surface area (TPSA) is 4.93 Å². The van der Waals surface area contributed by atoms with E-state index in [0.29, 0.717) is 11.8 Å². The molecule has 1 heterocycles. The minimum Gasteiger partial charge on any atom is -0.309 e. The molecule has 3 atom stereocenters. The Labute approximate surface area is 222 Å². The van der Waals surface area contributed by atoms with E-state index in [1.165, 1.54) is 60.9 Å². The largest absolute Gasteiger partial charge is 0.309 e. The number of hydrogen-bond donors (Lipinski definition) is 0. The first-order valence-corrected chi connectivity index (χ1v) is 13.5. The van der Waals surface area contributed by atoms with Crippen LogP contribution in [0, 0.1) is 5.92 Å². The zero-order chi connectivity index (χ0) is 24.8. The molecule has 38 heavy (non-hydrogen) atoms. The highest BCUT2D eigenvalue weighted by Gasteiger charge is 2.56. The molecule has 9 rings (SSSR count). The second-order valence-corrected chi connectivity index (χ2v) is 10.9. The summed E-state index contributed by atoms with van der Waals surface area (Å²) in [4.78, 5) is 0. The molecule has 3 aliphatic carbocycles. The van der Waals surface area contributed by atoms with E-state index in [9.17, 15) is 0 Å². The maximum Gasteiger partial charge on any atom is 0.0541 e. The molecule has 1 heteroatoms. The summed E-state index contributed by atoms with van der Waals surface area (Å²) in [5, 5.41) is 2.60. The number of para-hydroxylation sites is 2. The predicted molar refractivity (Wildman–Crippen MR) is 157 cm³/mol. The third kappa shape index (κ3) is 2.33. The maximum atomic E-state index is 2.46. The van der Waals surface area contributed by atoms with E-state index in [-0.39, 0.29) is 5.41 Å². The summed E-state index contributed by atoms with van der Waals surface area (Å²) >= 11 is 0. The highest BCUT2D eigenvalue weighted by atomic mass is 15.0. The lowest BCUT2D eigenvalue weighted by Crippen LogP contribution is -2.32. The van der Waals surface area contributed by atoms with Crippen molar-refractivity contribution in [3.05, 3.63) is 162 Å². The average molecular weight is 484 g/mol. The second-order valence-electron chi connectivity index (χ2n) is 10.9. The smallest absolute Gasteiger partial charge is 0.0541 e. The van der Waals surface area contributed by atoms with Crippen molar-refractivity contribution in [2.45, 2.75) is 11.3 Å². The van der Waals surface area contributed by atoms with Crippen molar-refractivity contribution in [1.29, 1.82) is 0 Å². The lowest BCUT2D eigenvalue weighted by atomic mass is 9.65. The molecule has 0 saturated heterocycles. The third-order valence-electron chi connectivity index (χ3n) is 9.29. The fourth-order valence-corrected chi connectivity index (χ4v) is 7.94. The number of benzene rings is 5. The second kappa shape index (κ2) is 7.24. The average Bonchev–Trinajstić information content (AvgIpc) is 3.59. The van der Waals surface area contributed by atoms with Crippen molar-refractivity contribution in [1.82, 2.24) is 4.57 Å². The summed E-state index contributed by atoms with van der Waals surface area (Å²) in [6.45, 7) is 0. The van der Waals surface area contributed by atoms with Crippen LogP contribution in [-0.2, 0) is 5.41 Å². The highest BCUT2D eigenvalue weighted by Crippen LogP contribution is 2.65. The zero-order valence-electron chi connectivity index (χ0n) is 20.9. The van der Waals surface area contributed by atoms with Crippen LogP contribution in [0.1, 0.15) is 28.2 Å². The quantitative estimate of drug-likeness (QED) is 0.220. The summed E-state index contributed by atoms with van der Waals surface area (Å²) in [6.07, 6.45) is 9.34. The molecule has 0 saturated carbocycles. The van der Waals surface area contributed by atoms with Crippen molar-refractivity contribution in [2.24, 2.45) is 5.92 Å². The van der Waals surface area contributed by atoms with E-state index in [0.717, 1.165) is 0 Å². The SMILES string of the molecule is C1=CC2c3ccccc3C3(c4ccccc4-c4cc(-n5c6ccccc6c6ccccc65)ccc43)C2C=C1. The first-order valence-electron chi connectivity index (χ1n) is 13.5. The van der Waals surface area contributed by atoms with Gasteiger partial charge in [0.1, 0.15) is 0 Å². The van der Waals surface area contributed by atoms with Crippen LogP contribution in [0.15, 0.2) is 140 Å². The molecular formula is C37H25N. The summed E-state index contributed by atoms with van der Waals surface area (Å²) in [5.74, 6) is 0.763. The molecular weight excluding hydrogens is 458 g/mol. The summed E-state index contributed by atoms with van der Waals surface area (Å²) in [5.41, 5.74) is 12.1. The lowest BCUT2D eigenvalue weighted by molar-refractivity contribution is 0.465. The van der Waals surface area contributed by atoms with Gasteiger partial charge in [-0.15, -0.1) is 0 Å². The van der Waals surface area contributed by atoms with Gasteiger partial charge in [0, 0.05) is 28.3 Å². The van der Waals surface area contributed by atoms with E-state index >= 15 is 0 Å². The molecule has 3 unspecified atom stereocenters. The van der Waals surface area contributed by atoms with Crippen molar-refractivity contribution < 1.29 is 0 Å². The van der Waals surface area contributed by atoms with Crippen LogP contribution in [0.25, 0.3) is 38.6 Å². The molecule has 0 fully saturated rings. The molecule has 3 aliphatic rings. The van der Waals surface area contributed by atoms with E-state index in [1.807, 2.05) is 0 Å². The van der Waals surface area contributed by atoms with Crippen LogP contribution in [0.5, 0.6) is 0 Å². The van der Waals surface area contributed by atoms with Crippen molar-refractivity contribution in [2.75, 3.05) is 0 Å². The van der Waals surface area contributed by atoms with Gasteiger partial charge in [-0.2, -0.15) is 0 Å². The Morgan fingerprint density at radius 3 is 1.97 bits per heavy atom. The van der Waals surface area contributed by atoms with E-state index in [1.54, 1.807) is 0 Å². The van der Waals surface area contributed by atoms with E-state index in [4.69, 9.17) is 0 Å². The Kier molecular flexibility index (Phi) is 3.89. The number of aromatic nitrogens is 1. The minimum atomic E-state index is -0.173. The van der Waals surface area contributed by atoms with Gasteiger partial charge in [-0.05, 0) is 57.6 Å². The molecule has 0 N–H and O–H groups in total. The van der Waals surface area contributed by atoms with Crippen LogP contribution in [-0.4, -0.2) is 4.57 Å². The van der Waals surface area contributed by atoms with Crippen LogP contribution < -0.4 is 0 Å². The molecule has 0 amide bonds. The van der Waals surface area contributed by atoms with Crippen LogP contribution in [0.3, 0.4) is 0 Å². The fraction of sp³-hybridized carbons (Fsp3) is 0.0811. The monoisotopic (exact) mass is 483 g/mol. The highest BCUT2D eigenvalue weighted by molar-refractivity contribution is 6.09. The number of rotatable bonds is 1. The molecule has 178 valence electrons. The van der Waals surface area contributed by atoms with Gasteiger partial charge >= 0.3 is 0 Å². The van der Waals surface area contributed by atoms with Gasteiger partial charge in [-0.25, -0.2) is 0 Å². The summed E-state index contributed by atoms with van der Waals surface area (Å²) in [7, 11) is 0. The maximum absolute atomic E-state index is 2.46. The minimum absolute atomic E-state index is 0.173. The van der Waals surface area contributed by atoms with Crippen LogP contribution in [0.4, 0.5) is 0 Å². The van der Waals surface area contributed by atoms with Crippen molar-refractivity contribution in [3.8, 4) is 16.8 Å². The van der Waals surface area contributed by atoms with Gasteiger partial charge in [0.05, 0.1) is 16.4 Å². The van der Waals surface area contributed by atoms with Gasteiger partial charge in [0.15, 0.2) is 0 Å². The van der Waals surface area contributed by atoms with Crippen molar-refractivity contribution >= 4 is 21.8 Å². The molecule has 0 radical (unpaired) electrons. The van der Waals surface area contributed by atoms with E-state index in [2.05, 4.69) is 144 Å². The molecule has 1 aromatic heterocycles. The molecule has 1 nitrogen and oxygen atoms in total. The fourth-order valence-electron chi connectivity index (χ4n) is 7.94. The molecule has 0 bridgehead atoms.